The van der Waals surface area contributed by atoms with Gasteiger partial charge in [0, 0.05) is 35.2 Å². The minimum absolute atomic E-state index is 0.139. The molecule has 0 saturated carbocycles. The van der Waals surface area contributed by atoms with Gasteiger partial charge in [0.15, 0.2) is 24.0 Å². The van der Waals surface area contributed by atoms with Gasteiger partial charge < -0.3 is 19.8 Å². The highest BCUT2D eigenvalue weighted by Gasteiger charge is 2.28. The summed E-state index contributed by atoms with van der Waals surface area (Å²) in [5, 5.41) is 2.71. The number of aromatic amines is 1. The zero-order chi connectivity index (χ0) is 25.0. The van der Waals surface area contributed by atoms with Crippen molar-refractivity contribution >= 4 is 28.7 Å². The molecule has 10 heteroatoms. The number of hydrogen-bond donors (Lipinski definition) is 2. The summed E-state index contributed by atoms with van der Waals surface area (Å²) in [4.78, 5) is 40.1. The van der Waals surface area contributed by atoms with Crippen molar-refractivity contribution in [3.05, 3.63) is 71.2 Å². The molecule has 0 bridgehead atoms. The second kappa shape index (κ2) is 9.98. The zero-order valence-corrected chi connectivity index (χ0v) is 18.7. The second-order valence-corrected chi connectivity index (χ2v) is 8.57. The van der Waals surface area contributed by atoms with Crippen molar-refractivity contribution in [2.75, 3.05) is 6.61 Å². The number of amides is 1. The number of carbonyl (C=O) groups excluding carboxylic acids is 3. The Bertz CT molecular complexity index is 1220. The van der Waals surface area contributed by atoms with E-state index in [2.05, 4.69) is 10.3 Å². The standard InChI is InChI=1S/C24H23F3N2O5/c1-24(2,3)34-23(32)29-20(8-14-11-28-19-10-18(27)17(26)9-16(14)19)22(31)33-12-21(30)13-4-6-15(25)7-5-13/h4-7,9-11,20,28H,8,12H2,1-3H3,(H,29,32)/t20-/m0/s1. The first-order valence-electron chi connectivity index (χ1n) is 10.3. The van der Waals surface area contributed by atoms with E-state index < -0.39 is 53.5 Å². The first-order valence-corrected chi connectivity index (χ1v) is 10.3. The molecule has 2 aromatic carbocycles. The van der Waals surface area contributed by atoms with Gasteiger partial charge in [-0.15, -0.1) is 0 Å². The average Bonchev–Trinajstić information content (AvgIpc) is 3.12. The van der Waals surface area contributed by atoms with Crippen molar-refractivity contribution in [1.29, 1.82) is 0 Å². The molecule has 180 valence electrons. The van der Waals surface area contributed by atoms with E-state index in [0.29, 0.717) is 16.5 Å². The molecule has 0 unspecified atom stereocenters. The number of rotatable bonds is 7. The zero-order valence-electron chi connectivity index (χ0n) is 18.7. The van der Waals surface area contributed by atoms with Gasteiger partial charge in [-0.1, -0.05) is 0 Å². The predicted octanol–water partition coefficient (Wildman–Crippen LogP) is 4.45. The van der Waals surface area contributed by atoms with E-state index in [1.165, 1.54) is 18.3 Å². The third-order valence-corrected chi connectivity index (χ3v) is 4.72. The summed E-state index contributed by atoms with van der Waals surface area (Å²) in [6.45, 7) is 4.26. The number of esters is 1. The minimum Gasteiger partial charge on any atom is -0.456 e. The molecule has 0 aliphatic rings. The molecule has 34 heavy (non-hydrogen) atoms. The van der Waals surface area contributed by atoms with Gasteiger partial charge in [0.25, 0.3) is 0 Å². The van der Waals surface area contributed by atoms with E-state index in [1.807, 2.05) is 0 Å². The van der Waals surface area contributed by atoms with Crippen LogP contribution in [0.2, 0.25) is 0 Å². The highest BCUT2D eigenvalue weighted by atomic mass is 19.2. The van der Waals surface area contributed by atoms with Gasteiger partial charge in [0.1, 0.15) is 17.5 Å². The Labute approximate surface area is 193 Å². The molecule has 1 aromatic heterocycles. The fourth-order valence-corrected chi connectivity index (χ4v) is 3.16. The smallest absolute Gasteiger partial charge is 0.408 e. The molecule has 1 amide bonds. The first-order chi connectivity index (χ1) is 15.9. The Balaban J connectivity index is 1.78. The van der Waals surface area contributed by atoms with Crippen LogP contribution in [0.4, 0.5) is 18.0 Å². The molecule has 0 fully saturated rings. The van der Waals surface area contributed by atoms with Crippen LogP contribution in [-0.4, -0.2) is 41.1 Å². The van der Waals surface area contributed by atoms with Crippen molar-refractivity contribution in [2.24, 2.45) is 0 Å². The van der Waals surface area contributed by atoms with Crippen LogP contribution in [0, 0.1) is 17.5 Å². The maximum Gasteiger partial charge on any atom is 0.408 e. The number of hydrogen-bond acceptors (Lipinski definition) is 5. The van der Waals surface area contributed by atoms with E-state index in [4.69, 9.17) is 9.47 Å². The highest BCUT2D eigenvalue weighted by molar-refractivity contribution is 5.98. The molecule has 0 aliphatic heterocycles. The molecular formula is C24H23F3N2O5. The van der Waals surface area contributed by atoms with E-state index in [-0.39, 0.29) is 12.0 Å². The van der Waals surface area contributed by atoms with Crippen molar-refractivity contribution < 1.29 is 37.0 Å². The molecule has 3 rings (SSSR count). The lowest BCUT2D eigenvalue weighted by atomic mass is 10.0. The van der Waals surface area contributed by atoms with Gasteiger partial charge in [0.2, 0.25) is 0 Å². The number of carbonyl (C=O) groups is 3. The van der Waals surface area contributed by atoms with E-state index in [9.17, 15) is 27.6 Å². The molecule has 2 N–H and O–H groups in total. The third-order valence-electron chi connectivity index (χ3n) is 4.72. The molecule has 1 atom stereocenters. The molecule has 0 radical (unpaired) electrons. The molecule has 0 spiro atoms. The van der Waals surface area contributed by atoms with Gasteiger partial charge in [-0.2, -0.15) is 0 Å². The summed E-state index contributed by atoms with van der Waals surface area (Å²) < 4.78 is 50.6. The van der Waals surface area contributed by atoms with Crippen LogP contribution in [0.1, 0.15) is 36.7 Å². The lowest BCUT2D eigenvalue weighted by Gasteiger charge is -2.23. The Morgan fingerprint density at radius 1 is 1.03 bits per heavy atom. The van der Waals surface area contributed by atoms with Crippen LogP contribution in [0.5, 0.6) is 0 Å². The largest absolute Gasteiger partial charge is 0.456 e. The van der Waals surface area contributed by atoms with Crippen LogP contribution >= 0.6 is 0 Å². The van der Waals surface area contributed by atoms with Crippen LogP contribution in [0.25, 0.3) is 10.9 Å². The SMILES string of the molecule is CC(C)(C)OC(=O)N[C@@H](Cc1c[nH]c2cc(F)c(F)cc12)C(=O)OCC(=O)c1ccc(F)cc1. The highest BCUT2D eigenvalue weighted by Crippen LogP contribution is 2.23. The second-order valence-electron chi connectivity index (χ2n) is 8.57. The fraction of sp³-hybridized carbons (Fsp3) is 0.292. The number of fused-ring (bicyclic) bond motifs is 1. The number of aromatic nitrogens is 1. The summed E-state index contributed by atoms with van der Waals surface area (Å²) in [6.07, 6.45) is 0.384. The fourth-order valence-electron chi connectivity index (χ4n) is 3.16. The van der Waals surface area contributed by atoms with Crippen molar-refractivity contribution in [3.63, 3.8) is 0 Å². The maximum absolute atomic E-state index is 13.8. The van der Waals surface area contributed by atoms with Crippen LogP contribution < -0.4 is 5.32 Å². The quantitative estimate of drug-likeness (QED) is 0.388. The average molecular weight is 476 g/mol. The molecule has 0 aliphatic carbocycles. The number of ketones is 1. The normalized spacial score (nSPS) is 12.3. The molecule has 7 nitrogen and oxygen atoms in total. The van der Waals surface area contributed by atoms with Crippen molar-refractivity contribution in [1.82, 2.24) is 10.3 Å². The van der Waals surface area contributed by atoms with Crippen molar-refractivity contribution in [3.8, 4) is 0 Å². The van der Waals surface area contributed by atoms with Gasteiger partial charge in [-0.05, 0) is 56.7 Å². The predicted molar refractivity (Wildman–Crippen MR) is 117 cm³/mol. The van der Waals surface area contributed by atoms with Crippen molar-refractivity contribution in [2.45, 2.75) is 38.8 Å². The maximum atomic E-state index is 13.8. The number of H-pyrrole nitrogens is 1. The summed E-state index contributed by atoms with van der Waals surface area (Å²) in [5.74, 6) is -4.15. The molecule has 3 aromatic rings. The summed E-state index contributed by atoms with van der Waals surface area (Å²) in [5.41, 5.74) is -0.0139. The first kappa shape index (κ1) is 24.8. The van der Waals surface area contributed by atoms with Crippen LogP contribution in [-0.2, 0) is 20.7 Å². The minimum atomic E-state index is -1.30. The summed E-state index contributed by atoms with van der Waals surface area (Å²) >= 11 is 0. The molecule has 1 heterocycles. The van der Waals surface area contributed by atoms with Crippen LogP contribution in [0.3, 0.4) is 0 Å². The Morgan fingerprint density at radius 2 is 1.68 bits per heavy atom. The van der Waals surface area contributed by atoms with E-state index in [0.717, 1.165) is 24.3 Å². The molecule has 0 saturated heterocycles. The number of nitrogens with one attached hydrogen (secondary N) is 2. The monoisotopic (exact) mass is 476 g/mol. The lowest BCUT2D eigenvalue weighted by Crippen LogP contribution is -2.45. The number of halogens is 3. The summed E-state index contributed by atoms with van der Waals surface area (Å²) in [7, 11) is 0. The van der Waals surface area contributed by atoms with Gasteiger partial charge >= 0.3 is 12.1 Å². The number of ether oxygens (including phenoxy) is 2. The number of Topliss-reactive ketones (excluding diaryl/α,β-unsaturated/α-hetero) is 1. The van der Waals surface area contributed by atoms with Gasteiger partial charge in [0.05, 0.1) is 0 Å². The third kappa shape index (κ3) is 6.37. The Morgan fingerprint density at radius 3 is 2.32 bits per heavy atom. The summed E-state index contributed by atoms with van der Waals surface area (Å²) in [6, 6.07) is 5.35. The Kier molecular flexibility index (Phi) is 7.29. The topological polar surface area (TPSA) is 97.5 Å². The molecular weight excluding hydrogens is 453 g/mol. The van der Waals surface area contributed by atoms with Crippen LogP contribution in [0.15, 0.2) is 42.6 Å². The van der Waals surface area contributed by atoms with E-state index in [1.54, 1.807) is 20.8 Å². The Hall–Kier alpha value is -3.82. The van der Waals surface area contributed by atoms with E-state index >= 15 is 0 Å². The lowest BCUT2D eigenvalue weighted by molar-refractivity contribution is -0.145. The number of benzene rings is 2. The number of alkyl carbamates (subject to hydrolysis) is 1. The van der Waals surface area contributed by atoms with Gasteiger partial charge in [-0.25, -0.2) is 22.8 Å². The van der Waals surface area contributed by atoms with Gasteiger partial charge in [-0.3, -0.25) is 4.79 Å².